The number of aliphatic imine (C=N–C) groups is 1. The van der Waals surface area contributed by atoms with Crippen molar-refractivity contribution in [3.05, 3.63) is 34.9 Å². The van der Waals surface area contributed by atoms with Crippen LogP contribution in [0.2, 0.25) is 5.02 Å². The monoisotopic (exact) mass is 250 g/mol. The quantitative estimate of drug-likeness (QED) is 0.832. The third kappa shape index (κ3) is 2.17. The summed E-state index contributed by atoms with van der Waals surface area (Å²) in [5, 5.41) is 0.729. The zero-order valence-electron chi connectivity index (χ0n) is 9.47. The molecule has 2 aliphatic rings. The molecule has 0 aromatic heterocycles. The van der Waals surface area contributed by atoms with Gasteiger partial charge >= 0.3 is 0 Å². The lowest BCUT2D eigenvalue weighted by molar-refractivity contribution is 0.142. The van der Waals surface area contributed by atoms with E-state index in [9.17, 15) is 0 Å². The lowest BCUT2D eigenvalue weighted by Gasteiger charge is -2.26. The maximum absolute atomic E-state index is 5.95. The Bertz CT molecular complexity index is 443. The maximum atomic E-state index is 5.95. The first-order valence-corrected chi connectivity index (χ1v) is 6.36. The van der Waals surface area contributed by atoms with E-state index in [1.165, 1.54) is 0 Å². The Morgan fingerprint density at radius 3 is 2.76 bits per heavy atom. The molecule has 90 valence electrons. The first-order valence-electron chi connectivity index (χ1n) is 5.98. The third-order valence-electron chi connectivity index (χ3n) is 3.43. The zero-order chi connectivity index (χ0) is 11.8. The number of halogens is 1. The average Bonchev–Trinajstić information content (AvgIpc) is 2.72. The normalized spacial score (nSPS) is 31.6. The summed E-state index contributed by atoms with van der Waals surface area (Å²) in [5.74, 6) is 0.741. The van der Waals surface area contributed by atoms with Crippen LogP contribution in [0.4, 0.5) is 0 Å². The molecule has 2 N–H and O–H groups in total. The second kappa shape index (κ2) is 4.31. The van der Waals surface area contributed by atoms with Crippen LogP contribution in [0.15, 0.2) is 29.3 Å². The molecule has 3 rings (SSSR count). The van der Waals surface area contributed by atoms with Crippen molar-refractivity contribution in [3.8, 4) is 0 Å². The minimum Gasteiger partial charge on any atom is -0.472 e. The van der Waals surface area contributed by atoms with Gasteiger partial charge in [-0.2, -0.15) is 0 Å². The zero-order valence-corrected chi connectivity index (χ0v) is 10.2. The number of ether oxygens (including phenoxy) is 1. The summed E-state index contributed by atoms with van der Waals surface area (Å²) < 4.78 is 5.89. The molecule has 0 saturated heterocycles. The van der Waals surface area contributed by atoms with Gasteiger partial charge in [-0.05, 0) is 37.1 Å². The number of nitrogens with two attached hydrogens (primary N) is 1. The van der Waals surface area contributed by atoms with Crippen LogP contribution in [0, 0.1) is 0 Å². The molecule has 4 heteroatoms. The number of rotatable bonds is 1. The lowest BCUT2D eigenvalue weighted by Crippen LogP contribution is -2.37. The van der Waals surface area contributed by atoms with E-state index in [1.807, 2.05) is 24.3 Å². The first kappa shape index (κ1) is 11.1. The number of fused-ring (bicyclic) bond motifs is 1. The molecular formula is C13H15ClN2O. The third-order valence-corrected chi connectivity index (χ3v) is 3.69. The summed E-state index contributed by atoms with van der Waals surface area (Å²) >= 11 is 5.86. The fraction of sp³-hybridized carbons (Fsp3) is 0.462. The fourth-order valence-electron chi connectivity index (χ4n) is 2.48. The largest absolute Gasteiger partial charge is 0.472 e. The van der Waals surface area contributed by atoms with Crippen LogP contribution >= 0.6 is 11.6 Å². The van der Waals surface area contributed by atoms with Gasteiger partial charge < -0.3 is 10.5 Å². The molecule has 1 aliphatic carbocycles. The van der Waals surface area contributed by atoms with Crippen LogP contribution in [0.1, 0.15) is 24.8 Å². The van der Waals surface area contributed by atoms with Crippen LogP contribution in [-0.4, -0.2) is 24.1 Å². The second-order valence-corrected chi connectivity index (χ2v) is 5.17. The van der Waals surface area contributed by atoms with Crippen LogP contribution in [0.5, 0.6) is 0 Å². The summed E-state index contributed by atoms with van der Waals surface area (Å²) in [6, 6.07) is 8.15. The number of hydrogen-bond acceptors (Lipinski definition) is 3. The van der Waals surface area contributed by atoms with Gasteiger partial charge in [0.15, 0.2) is 0 Å². The molecule has 1 saturated carbocycles. The molecule has 3 unspecified atom stereocenters. The Morgan fingerprint density at radius 1 is 1.24 bits per heavy atom. The van der Waals surface area contributed by atoms with Crippen LogP contribution < -0.4 is 5.73 Å². The smallest absolute Gasteiger partial charge is 0.216 e. The van der Waals surface area contributed by atoms with Crippen molar-refractivity contribution in [2.75, 3.05) is 0 Å². The van der Waals surface area contributed by atoms with Crippen LogP contribution in [-0.2, 0) is 4.74 Å². The van der Waals surface area contributed by atoms with E-state index in [2.05, 4.69) is 4.99 Å². The van der Waals surface area contributed by atoms with E-state index < -0.39 is 0 Å². The molecule has 0 bridgehead atoms. The SMILES string of the molecule is NC1CCC2N=C(c3ccc(Cl)cc3)OC2C1. The van der Waals surface area contributed by atoms with Crippen molar-refractivity contribution >= 4 is 17.5 Å². The Hall–Kier alpha value is -1.06. The highest BCUT2D eigenvalue weighted by Gasteiger charge is 2.36. The van der Waals surface area contributed by atoms with Crippen molar-refractivity contribution in [2.24, 2.45) is 10.7 Å². The molecule has 1 aromatic rings. The Kier molecular flexibility index (Phi) is 2.81. The lowest BCUT2D eigenvalue weighted by atomic mass is 9.90. The minimum atomic E-state index is 0.171. The number of nitrogens with zero attached hydrogens (tertiary/aromatic N) is 1. The number of benzene rings is 1. The Labute approximate surface area is 106 Å². The van der Waals surface area contributed by atoms with E-state index in [0.717, 1.165) is 35.7 Å². The molecule has 1 aromatic carbocycles. The van der Waals surface area contributed by atoms with Crippen LogP contribution in [0.25, 0.3) is 0 Å². The molecule has 3 atom stereocenters. The van der Waals surface area contributed by atoms with Crippen molar-refractivity contribution in [1.82, 2.24) is 0 Å². The predicted octanol–water partition coefficient (Wildman–Crippen LogP) is 2.37. The second-order valence-electron chi connectivity index (χ2n) is 4.74. The van der Waals surface area contributed by atoms with Crippen LogP contribution in [0.3, 0.4) is 0 Å². The molecular weight excluding hydrogens is 236 g/mol. The van der Waals surface area contributed by atoms with Crippen molar-refractivity contribution in [3.63, 3.8) is 0 Å². The first-order chi connectivity index (χ1) is 8.22. The summed E-state index contributed by atoms with van der Waals surface area (Å²) in [5.41, 5.74) is 6.94. The molecule has 0 amide bonds. The van der Waals surface area contributed by atoms with Gasteiger partial charge in [0.25, 0.3) is 0 Å². The molecule has 1 fully saturated rings. The van der Waals surface area contributed by atoms with Gasteiger partial charge in [0.1, 0.15) is 6.10 Å². The highest BCUT2D eigenvalue weighted by atomic mass is 35.5. The highest BCUT2D eigenvalue weighted by molar-refractivity contribution is 6.30. The summed E-state index contributed by atoms with van der Waals surface area (Å²) in [6.07, 6.45) is 3.15. The molecule has 1 heterocycles. The molecule has 0 radical (unpaired) electrons. The number of hydrogen-bond donors (Lipinski definition) is 1. The topological polar surface area (TPSA) is 47.6 Å². The summed E-state index contributed by atoms with van der Waals surface area (Å²) in [6.45, 7) is 0. The van der Waals surface area contributed by atoms with E-state index in [0.29, 0.717) is 6.04 Å². The van der Waals surface area contributed by atoms with E-state index >= 15 is 0 Å². The van der Waals surface area contributed by atoms with Gasteiger partial charge in [0.05, 0.1) is 6.04 Å². The molecule has 1 aliphatic heterocycles. The molecule has 0 spiro atoms. The minimum absolute atomic E-state index is 0.171. The fourth-order valence-corrected chi connectivity index (χ4v) is 2.60. The van der Waals surface area contributed by atoms with Crippen molar-refractivity contribution in [1.29, 1.82) is 0 Å². The van der Waals surface area contributed by atoms with E-state index in [-0.39, 0.29) is 12.1 Å². The van der Waals surface area contributed by atoms with Gasteiger partial charge in [-0.1, -0.05) is 11.6 Å². The maximum Gasteiger partial charge on any atom is 0.216 e. The van der Waals surface area contributed by atoms with E-state index in [4.69, 9.17) is 22.1 Å². The van der Waals surface area contributed by atoms with Gasteiger partial charge in [0.2, 0.25) is 5.90 Å². The molecule has 17 heavy (non-hydrogen) atoms. The van der Waals surface area contributed by atoms with Crippen molar-refractivity contribution < 1.29 is 4.74 Å². The summed E-state index contributed by atoms with van der Waals surface area (Å²) in [4.78, 5) is 4.64. The average molecular weight is 251 g/mol. The van der Waals surface area contributed by atoms with Gasteiger partial charge in [-0.15, -0.1) is 0 Å². The predicted molar refractivity (Wildman–Crippen MR) is 68.5 cm³/mol. The Balaban J connectivity index is 1.80. The van der Waals surface area contributed by atoms with Crippen molar-refractivity contribution in [2.45, 2.75) is 37.5 Å². The van der Waals surface area contributed by atoms with Gasteiger partial charge in [-0.3, -0.25) is 0 Å². The Morgan fingerprint density at radius 2 is 2.00 bits per heavy atom. The van der Waals surface area contributed by atoms with Gasteiger partial charge in [-0.25, -0.2) is 4.99 Å². The van der Waals surface area contributed by atoms with Gasteiger partial charge in [0, 0.05) is 23.0 Å². The van der Waals surface area contributed by atoms with E-state index in [1.54, 1.807) is 0 Å². The molecule has 3 nitrogen and oxygen atoms in total. The summed E-state index contributed by atoms with van der Waals surface area (Å²) in [7, 11) is 0. The standard InChI is InChI=1S/C13H15ClN2O/c14-9-3-1-8(2-4-9)13-16-11-6-5-10(15)7-12(11)17-13/h1-4,10-12H,5-7,15H2. The highest BCUT2D eigenvalue weighted by Crippen LogP contribution is 2.29.